The predicted octanol–water partition coefficient (Wildman–Crippen LogP) is 5.42. The number of carbonyl (C=O) groups is 2. The number of halogens is 3. The Morgan fingerprint density at radius 3 is 2.24 bits per heavy atom. The average molecular weight is 584 g/mol. The first-order chi connectivity index (χ1) is 20.2. The molecule has 3 N–H and O–H groups in total. The number of hydrogen-bond donors (Lipinski definition) is 3. The number of carbonyl (C=O) groups excluding carboxylic acids is 2. The van der Waals surface area contributed by atoms with Gasteiger partial charge in [-0.15, -0.1) is 0 Å². The Morgan fingerprint density at radius 1 is 0.905 bits per heavy atom. The Balaban J connectivity index is 1.16. The molecule has 10 nitrogen and oxygen atoms in total. The fourth-order valence-corrected chi connectivity index (χ4v) is 4.62. The molecule has 222 valence electrons. The van der Waals surface area contributed by atoms with Gasteiger partial charge >= 0.3 is 12.2 Å². The molecule has 1 aliphatic heterocycles. The highest BCUT2D eigenvalue weighted by molar-refractivity contribution is 5.99. The van der Waals surface area contributed by atoms with E-state index in [4.69, 9.17) is 4.74 Å². The van der Waals surface area contributed by atoms with Crippen LogP contribution in [0.2, 0.25) is 0 Å². The number of anilines is 3. The number of nitrogens with one attached hydrogen (secondary N) is 3. The molecule has 2 aliphatic rings. The standard InChI is InChI=1S/C29H32F3N7O3/c1-2-38-11-13-39(14-12-38)17-20-5-6-22(15-24(20)29(30,31)32)36-28(41)35-21-7-9-23(10-8-21)42-26-16-25(33-18-34-26)37-27(40)19-3-4-19/h5-10,15-16,18-19H,2-4,11-14,17H2,1H3,(H2,35,36,41)(H,33,34,37,40). The van der Waals surface area contributed by atoms with Gasteiger partial charge in [0.05, 0.1) is 5.56 Å². The van der Waals surface area contributed by atoms with Gasteiger partial charge in [-0.05, 0) is 61.3 Å². The molecular formula is C29H32F3N7O3. The largest absolute Gasteiger partial charge is 0.439 e. The Bertz CT molecular complexity index is 1410. The lowest BCUT2D eigenvalue weighted by Crippen LogP contribution is -2.45. The summed E-state index contributed by atoms with van der Waals surface area (Å²) >= 11 is 0. The Hall–Kier alpha value is -4.23. The molecule has 3 aromatic rings. The van der Waals surface area contributed by atoms with Gasteiger partial charge in [0.15, 0.2) is 0 Å². The molecule has 0 spiro atoms. The topological polar surface area (TPSA) is 112 Å². The van der Waals surface area contributed by atoms with Crippen molar-refractivity contribution in [3.05, 3.63) is 66.0 Å². The van der Waals surface area contributed by atoms with E-state index < -0.39 is 17.8 Å². The van der Waals surface area contributed by atoms with E-state index in [0.29, 0.717) is 30.3 Å². The molecular weight excluding hydrogens is 551 g/mol. The van der Waals surface area contributed by atoms with Crippen LogP contribution >= 0.6 is 0 Å². The normalized spacial score (nSPS) is 16.1. The third-order valence-corrected chi connectivity index (χ3v) is 7.16. The lowest BCUT2D eigenvalue weighted by atomic mass is 10.0. The predicted molar refractivity (Wildman–Crippen MR) is 151 cm³/mol. The summed E-state index contributed by atoms with van der Waals surface area (Å²) in [6, 6.07) is 11.0. The number of piperazine rings is 1. The van der Waals surface area contributed by atoms with Crippen molar-refractivity contribution in [1.29, 1.82) is 0 Å². The first kappa shape index (κ1) is 29.3. The molecule has 13 heteroatoms. The van der Waals surface area contributed by atoms with Crippen LogP contribution < -0.4 is 20.7 Å². The summed E-state index contributed by atoms with van der Waals surface area (Å²) in [6.45, 7) is 6.25. The number of hydrogen-bond acceptors (Lipinski definition) is 7. The molecule has 42 heavy (non-hydrogen) atoms. The van der Waals surface area contributed by atoms with Crippen molar-refractivity contribution >= 4 is 29.1 Å². The monoisotopic (exact) mass is 583 g/mol. The van der Waals surface area contributed by atoms with Crippen molar-refractivity contribution in [2.24, 2.45) is 5.92 Å². The van der Waals surface area contributed by atoms with Crippen LogP contribution in [-0.2, 0) is 17.5 Å². The van der Waals surface area contributed by atoms with Gasteiger partial charge in [-0.1, -0.05) is 13.0 Å². The zero-order valence-electron chi connectivity index (χ0n) is 23.1. The van der Waals surface area contributed by atoms with Gasteiger partial charge in [0.25, 0.3) is 0 Å². The second-order valence-electron chi connectivity index (χ2n) is 10.3. The zero-order chi connectivity index (χ0) is 29.7. The number of amides is 3. The van der Waals surface area contributed by atoms with Crippen LogP contribution in [0, 0.1) is 5.92 Å². The lowest BCUT2D eigenvalue weighted by molar-refractivity contribution is -0.138. The van der Waals surface area contributed by atoms with Gasteiger partial charge in [-0.3, -0.25) is 9.69 Å². The maximum atomic E-state index is 13.9. The highest BCUT2D eigenvalue weighted by Gasteiger charge is 2.34. The van der Waals surface area contributed by atoms with Crippen LogP contribution in [0.1, 0.15) is 30.9 Å². The molecule has 0 unspecified atom stereocenters. The molecule has 0 radical (unpaired) electrons. The van der Waals surface area contributed by atoms with E-state index in [2.05, 4.69) is 37.7 Å². The molecule has 0 atom stereocenters. The van der Waals surface area contributed by atoms with E-state index in [1.807, 2.05) is 4.90 Å². The van der Waals surface area contributed by atoms with Gasteiger partial charge in [0, 0.05) is 56.1 Å². The summed E-state index contributed by atoms with van der Waals surface area (Å²) < 4.78 is 47.4. The number of alkyl halides is 3. The van der Waals surface area contributed by atoms with E-state index >= 15 is 0 Å². The zero-order valence-corrected chi connectivity index (χ0v) is 23.1. The molecule has 1 aromatic heterocycles. The maximum Gasteiger partial charge on any atom is 0.416 e. The third-order valence-electron chi connectivity index (χ3n) is 7.16. The van der Waals surface area contributed by atoms with Crippen LogP contribution in [0.4, 0.5) is 35.2 Å². The highest BCUT2D eigenvalue weighted by Crippen LogP contribution is 2.35. The van der Waals surface area contributed by atoms with E-state index in [-0.39, 0.29) is 35.5 Å². The van der Waals surface area contributed by atoms with Crippen molar-refractivity contribution in [1.82, 2.24) is 19.8 Å². The summed E-state index contributed by atoms with van der Waals surface area (Å²) in [6.07, 6.45) is -1.53. The number of rotatable bonds is 9. The minimum atomic E-state index is -4.56. The van der Waals surface area contributed by atoms with Crippen molar-refractivity contribution in [2.45, 2.75) is 32.5 Å². The van der Waals surface area contributed by atoms with Gasteiger partial charge in [-0.2, -0.15) is 13.2 Å². The molecule has 1 saturated heterocycles. The fourth-order valence-electron chi connectivity index (χ4n) is 4.62. The fraction of sp³-hybridized carbons (Fsp3) is 0.379. The number of aromatic nitrogens is 2. The molecule has 2 fully saturated rings. The summed E-state index contributed by atoms with van der Waals surface area (Å²) in [7, 11) is 0. The van der Waals surface area contributed by atoms with E-state index in [1.54, 1.807) is 24.3 Å². The van der Waals surface area contributed by atoms with Crippen molar-refractivity contribution < 1.29 is 27.5 Å². The van der Waals surface area contributed by atoms with E-state index in [9.17, 15) is 22.8 Å². The van der Waals surface area contributed by atoms with Crippen molar-refractivity contribution in [3.63, 3.8) is 0 Å². The molecule has 5 rings (SSSR count). The number of likely N-dealkylation sites (N-methyl/N-ethyl adjacent to an activating group) is 1. The summed E-state index contributed by atoms with van der Waals surface area (Å²) in [5, 5.41) is 7.81. The SMILES string of the molecule is CCN1CCN(Cc2ccc(NC(=O)Nc3ccc(Oc4cc(NC(=O)C5CC5)ncn4)cc3)cc2C(F)(F)F)CC1. The summed E-state index contributed by atoms with van der Waals surface area (Å²) in [5.74, 6) is 0.926. The number of ether oxygens (including phenoxy) is 1. The number of benzene rings is 2. The van der Waals surface area contributed by atoms with Crippen molar-refractivity contribution in [2.75, 3.05) is 48.7 Å². The maximum absolute atomic E-state index is 13.9. The average Bonchev–Trinajstić information content (AvgIpc) is 3.81. The van der Waals surface area contributed by atoms with Crippen LogP contribution in [-0.4, -0.2) is 64.4 Å². The number of urea groups is 1. The van der Waals surface area contributed by atoms with Crippen LogP contribution in [0.15, 0.2) is 54.9 Å². The molecule has 2 aromatic carbocycles. The van der Waals surface area contributed by atoms with Crippen LogP contribution in [0.3, 0.4) is 0 Å². The minimum absolute atomic E-state index is 0.0320. The van der Waals surface area contributed by atoms with Crippen molar-refractivity contribution in [3.8, 4) is 11.6 Å². The molecule has 2 heterocycles. The van der Waals surface area contributed by atoms with Gasteiger partial charge in [0.2, 0.25) is 11.8 Å². The summed E-state index contributed by atoms with van der Waals surface area (Å²) in [4.78, 5) is 36.8. The summed E-state index contributed by atoms with van der Waals surface area (Å²) in [5.41, 5.74) is -0.152. The molecule has 1 aliphatic carbocycles. The van der Waals surface area contributed by atoms with Gasteiger partial charge < -0.3 is 25.6 Å². The number of nitrogens with zero attached hydrogens (tertiary/aromatic N) is 4. The third kappa shape index (κ3) is 7.95. The second-order valence-corrected chi connectivity index (χ2v) is 10.3. The Morgan fingerprint density at radius 2 is 1.57 bits per heavy atom. The quantitative estimate of drug-likeness (QED) is 0.309. The van der Waals surface area contributed by atoms with Gasteiger partial charge in [0.1, 0.15) is 17.9 Å². The Kier molecular flexibility index (Phi) is 8.88. The first-order valence-corrected chi connectivity index (χ1v) is 13.8. The highest BCUT2D eigenvalue weighted by atomic mass is 19.4. The van der Waals surface area contributed by atoms with Crippen LogP contribution in [0.5, 0.6) is 11.6 Å². The van der Waals surface area contributed by atoms with E-state index in [1.165, 1.54) is 24.5 Å². The second kappa shape index (κ2) is 12.7. The Labute approximate surface area is 241 Å². The first-order valence-electron chi connectivity index (χ1n) is 13.8. The van der Waals surface area contributed by atoms with Crippen LogP contribution in [0.25, 0.3) is 0 Å². The smallest absolute Gasteiger partial charge is 0.416 e. The minimum Gasteiger partial charge on any atom is -0.439 e. The lowest BCUT2D eigenvalue weighted by Gasteiger charge is -2.34. The van der Waals surface area contributed by atoms with E-state index in [0.717, 1.165) is 38.5 Å². The molecule has 3 amide bonds. The van der Waals surface area contributed by atoms with Gasteiger partial charge in [-0.25, -0.2) is 14.8 Å². The molecule has 0 bridgehead atoms. The molecule has 1 saturated carbocycles.